The Kier molecular flexibility index (Phi) is 4.50. The average Bonchev–Trinajstić information content (AvgIpc) is 3.23. The van der Waals surface area contributed by atoms with Crippen LogP contribution in [0, 0.1) is 0 Å². The molecule has 2 atom stereocenters. The van der Waals surface area contributed by atoms with E-state index in [0.717, 1.165) is 19.4 Å². The molecule has 2 saturated heterocycles. The molecule has 7 nitrogen and oxygen atoms in total. The van der Waals surface area contributed by atoms with E-state index in [1.165, 1.54) is 0 Å². The van der Waals surface area contributed by atoms with Crippen LogP contribution in [0.3, 0.4) is 0 Å². The van der Waals surface area contributed by atoms with Gasteiger partial charge in [0.2, 0.25) is 0 Å². The second-order valence-electron chi connectivity index (χ2n) is 6.71. The molecule has 0 aliphatic carbocycles. The van der Waals surface area contributed by atoms with E-state index < -0.39 is 5.60 Å². The number of ether oxygens (including phenoxy) is 2. The maximum absolute atomic E-state index is 12.8. The van der Waals surface area contributed by atoms with Crippen molar-refractivity contribution in [3.05, 3.63) is 48.5 Å². The molecular weight excluding hydrogens is 320 g/mol. The molecule has 2 aromatic heterocycles. The molecule has 1 spiro atoms. The topological polar surface area (TPSA) is 69.5 Å². The van der Waals surface area contributed by atoms with Crippen LogP contribution in [0.25, 0.3) is 0 Å². The third-order valence-electron chi connectivity index (χ3n) is 4.83. The molecule has 0 aromatic carbocycles. The Labute approximate surface area is 146 Å². The van der Waals surface area contributed by atoms with Crippen LogP contribution >= 0.6 is 0 Å². The highest BCUT2D eigenvalue weighted by atomic mass is 16.6. The summed E-state index contributed by atoms with van der Waals surface area (Å²) in [6.07, 6.45) is 8.91. The Morgan fingerprint density at radius 1 is 1.36 bits per heavy atom. The van der Waals surface area contributed by atoms with Crippen molar-refractivity contribution in [2.24, 2.45) is 0 Å². The fourth-order valence-corrected chi connectivity index (χ4v) is 3.61. The molecule has 0 bridgehead atoms. The smallest absolute Gasteiger partial charge is 0.255 e. The molecule has 7 heteroatoms. The molecule has 2 aliphatic heterocycles. The zero-order valence-electron chi connectivity index (χ0n) is 14.1. The van der Waals surface area contributed by atoms with Gasteiger partial charge in [-0.05, 0) is 31.0 Å². The first-order chi connectivity index (χ1) is 12.2. The summed E-state index contributed by atoms with van der Waals surface area (Å²) >= 11 is 0. The van der Waals surface area contributed by atoms with Gasteiger partial charge >= 0.3 is 0 Å². The van der Waals surface area contributed by atoms with Crippen LogP contribution in [0.2, 0.25) is 0 Å². The summed E-state index contributed by atoms with van der Waals surface area (Å²) in [7, 11) is 0. The van der Waals surface area contributed by atoms with Gasteiger partial charge in [0.25, 0.3) is 5.91 Å². The Balaban J connectivity index is 1.46. The molecule has 4 heterocycles. The molecule has 2 fully saturated rings. The minimum atomic E-state index is -0.424. The van der Waals surface area contributed by atoms with Crippen LogP contribution in [0.1, 0.15) is 23.2 Å². The number of hydrogen-bond acceptors (Lipinski definition) is 5. The number of nitrogens with zero attached hydrogens (tertiary/aromatic N) is 4. The fraction of sp³-hybridized carbons (Fsp3) is 0.500. The van der Waals surface area contributed by atoms with Crippen LogP contribution in [-0.4, -0.2) is 63.6 Å². The summed E-state index contributed by atoms with van der Waals surface area (Å²) in [5.74, 6) is -0.0166. The van der Waals surface area contributed by atoms with E-state index in [1.807, 2.05) is 21.8 Å². The van der Waals surface area contributed by atoms with E-state index in [0.29, 0.717) is 31.9 Å². The molecule has 1 amide bonds. The maximum atomic E-state index is 12.8. The minimum Gasteiger partial charge on any atom is -0.377 e. The third kappa shape index (κ3) is 3.57. The first-order valence-corrected chi connectivity index (χ1v) is 8.66. The molecule has 4 rings (SSSR count). The predicted molar refractivity (Wildman–Crippen MR) is 90.0 cm³/mol. The van der Waals surface area contributed by atoms with Gasteiger partial charge in [-0.3, -0.25) is 14.5 Å². The van der Waals surface area contributed by atoms with Crippen molar-refractivity contribution in [2.75, 3.05) is 26.3 Å². The van der Waals surface area contributed by atoms with Crippen LogP contribution in [0.5, 0.6) is 0 Å². The lowest BCUT2D eigenvalue weighted by Gasteiger charge is -2.32. The summed E-state index contributed by atoms with van der Waals surface area (Å²) in [5, 5.41) is 4.25. The zero-order chi connectivity index (χ0) is 17.1. The van der Waals surface area contributed by atoms with Crippen molar-refractivity contribution in [2.45, 2.75) is 31.1 Å². The molecule has 2 aliphatic rings. The van der Waals surface area contributed by atoms with Crippen LogP contribution in [-0.2, 0) is 16.0 Å². The molecule has 25 heavy (non-hydrogen) atoms. The second kappa shape index (κ2) is 6.93. The Bertz CT molecular complexity index is 706. The normalized spacial score (nSPS) is 26.7. The van der Waals surface area contributed by atoms with Gasteiger partial charge in [0.05, 0.1) is 38.0 Å². The van der Waals surface area contributed by atoms with E-state index in [4.69, 9.17) is 9.47 Å². The SMILES string of the molecule is O=C(c1cccnc1)N1CCOCC2(CCC(Cn3cccn3)O2)C1. The van der Waals surface area contributed by atoms with Crippen molar-refractivity contribution >= 4 is 5.91 Å². The number of aromatic nitrogens is 3. The lowest BCUT2D eigenvalue weighted by molar-refractivity contribution is -0.0881. The predicted octanol–water partition coefficient (Wildman–Crippen LogP) is 1.37. The highest BCUT2D eigenvalue weighted by molar-refractivity contribution is 5.93. The van der Waals surface area contributed by atoms with E-state index in [1.54, 1.807) is 30.7 Å². The third-order valence-corrected chi connectivity index (χ3v) is 4.83. The summed E-state index contributed by atoms with van der Waals surface area (Å²) in [6.45, 7) is 2.91. The number of hydrogen-bond donors (Lipinski definition) is 0. The Morgan fingerprint density at radius 3 is 3.12 bits per heavy atom. The largest absolute Gasteiger partial charge is 0.377 e. The van der Waals surface area contributed by atoms with Gasteiger partial charge in [-0.15, -0.1) is 0 Å². The van der Waals surface area contributed by atoms with E-state index >= 15 is 0 Å². The average molecular weight is 342 g/mol. The molecule has 2 aromatic rings. The molecule has 2 unspecified atom stereocenters. The highest BCUT2D eigenvalue weighted by Crippen LogP contribution is 2.34. The van der Waals surface area contributed by atoms with Crippen molar-refractivity contribution in [1.82, 2.24) is 19.7 Å². The van der Waals surface area contributed by atoms with Gasteiger partial charge in [0.15, 0.2) is 0 Å². The van der Waals surface area contributed by atoms with E-state index in [2.05, 4.69) is 10.1 Å². The zero-order valence-corrected chi connectivity index (χ0v) is 14.1. The van der Waals surface area contributed by atoms with Crippen molar-refractivity contribution in [3.8, 4) is 0 Å². The van der Waals surface area contributed by atoms with Gasteiger partial charge in [0.1, 0.15) is 5.60 Å². The molecule has 0 saturated carbocycles. The Hall–Kier alpha value is -2.25. The van der Waals surface area contributed by atoms with Gasteiger partial charge in [-0.1, -0.05) is 0 Å². The first-order valence-electron chi connectivity index (χ1n) is 8.66. The number of pyridine rings is 1. The molecule has 0 N–H and O–H groups in total. The number of rotatable bonds is 3. The highest BCUT2D eigenvalue weighted by Gasteiger charge is 2.44. The minimum absolute atomic E-state index is 0.0166. The summed E-state index contributed by atoms with van der Waals surface area (Å²) in [6, 6.07) is 5.49. The number of carbonyl (C=O) groups is 1. The first kappa shape index (κ1) is 16.2. The monoisotopic (exact) mass is 342 g/mol. The van der Waals surface area contributed by atoms with Gasteiger partial charge < -0.3 is 14.4 Å². The van der Waals surface area contributed by atoms with Crippen LogP contribution < -0.4 is 0 Å². The second-order valence-corrected chi connectivity index (χ2v) is 6.71. The summed E-state index contributed by atoms with van der Waals surface area (Å²) < 4.78 is 14.0. The van der Waals surface area contributed by atoms with E-state index in [9.17, 15) is 4.79 Å². The van der Waals surface area contributed by atoms with E-state index in [-0.39, 0.29) is 12.0 Å². The summed E-state index contributed by atoms with van der Waals surface area (Å²) in [5.41, 5.74) is 0.178. The fourth-order valence-electron chi connectivity index (χ4n) is 3.61. The molecule has 0 radical (unpaired) electrons. The summed E-state index contributed by atoms with van der Waals surface area (Å²) in [4.78, 5) is 18.7. The standard InChI is InChI=1S/C18H22N4O3/c23-17(15-3-1-6-19-11-15)21-9-10-24-14-18(13-21)5-4-16(25-18)12-22-8-2-7-20-22/h1-3,6-8,11,16H,4-5,9-10,12-14H2. The lowest BCUT2D eigenvalue weighted by atomic mass is 9.99. The van der Waals surface area contributed by atoms with Crippen molar-refractivity contribution in [1.29, 1.82) is 0 Å². The molecule has 132 valence electrons. The number of carbonyl (C=O) groups excluding carboxylic acids is 1. The number of amides is 1. The van der Waals surface area contributed by atoms with Gasteiger partial charge in [-0.2, -0.15) is 5.10 Å². The van der Waals surface area contributed by atoms with Gasteiger partial charge in [0, 0.05) is 31.3 Å². The van der Waals surface area contributed by atoms with Crippen LogP contribution in [0.4, 0.5) is 0 Å². The lowest BCUT2D eigenvalue weighted by Crippen LogP contribution is -2.46. The maximum Gasteiger partial charge on any atom is 0.255 e. The molecular formula is C18H22N4O3. The van der Waals surface area contributed by atoms with Crippen molar-refractivity contribution in [3.63, 3.8) is 0 Å². The van der Waals surface area contributed by atoms with Crippen LogP contribution in [0.15, 0.2) is 43.0 Å². The van der Waals surface area contributed by atoms with Gasteiger partial charge in [-0.25, -0.2) is 0 Å². The Morgan fingerprint density at radius 2 is 2.32 bits per heavy atom. The van der Waals surface area contributed by atoms with Crippen molar-refractivity contribution < 1.29 is 14.3 Å². The quantitative estimate of drug-likeness (QED) is 0.843.